The fourth-order valence-corrected chi connectivity index (χ4v) is 1.99. The van der Waals surface area contributed by atoms with Crippen LogP contribution >= 0.6 is 0 Å². The topological polar surface area (TPSA) is 179 Å². The summed E-state index contributed by atoms with van der Waals surface area (Å²) in [4.78, 5) is 20.7. The van der Waals surface area contributed by atoms with Crippen LogP contribution in [0.4, 0.5) is 0 Å². The second-order valence-electron chi connectivity index (χ2n) is 3.75. The van der Waals surface area contributed by atoms with E-state index in [9.17, 15) is 18.0 Å². The molecule has 0 unspecified atom stereocenters. The van der Waals surface area contributed by atoms with Crippen molar-refractivity contribution in [1.82, 2.24) is 5.43 Å². The number of nitrogens with zero attached hydrogens (tertiary/aromatic N) is 1. The minimum Gasteiger partial charge on any atom is -0.476 e. The summed E-state index contributed by atoms with van der Waals surface area (Å²) in [5, 5.41) is 20.3. The lowest BCUT2D eigenvalue weighted by Gasteiger charge is -2.07. The highest BCUT2D eigenvalue weighted by Gasteiger charge is 2.22. The molecule has 11 heteroatoms. The lowest BCUT2D eigenvalue weighted by molar-refractivity contribution is -0.134. The molecular formula is C10H11N3O7S. The molecule has 0 fully saturated rings. The number of hydrogen-bond acceptors (Lipinski definition) is 7. The number of aliphatic carboxylic acids is 2. The first-order valence-corrected chi connectivity index (χ1v) is 6.71. The van der Waals surface area contributed by atoms with Gasteiger partial charge in [-0.25, -0.2) is 9.59 Å². The second-order valence-corrected chi connectivity index (χ2v) is 5.14. The zero-order valence-corrected chi connectivity index (χ0v) is 11.2. The van der Waals surface area contributed by atoms with Crippen LogP contribution in [0, 0.1) is 0 Å². The summed E-state index contributed by atoms with van der Waals surface area (Å²) in [7, 11) is -4.63. The van der Waals surface area contributed by atoms with Crippen LogP contribution in [-0.4, -0.2) is 40.8 Å². The molecule has 1 aliphatic carbocycles. The molecule has 6 N–H and O–H groups in total. The molecular weight excluding hydrogens is 306 g/mol. The van der Waals surface area contributed by atoms with E-state index in [1.165, 1.54) is 6.08 Å². The third kappa shape index (κ3) is 4.43. The Bertz CT molecular complexity index is 684. The molecule has 0 aromatic carbocycles. The molecule has 0 aromatic heterocycles. The van der Waals surface area contributed by atoms with E-state index < -0.39 is 32.7 Å². The number of carbonyl (C=O) groups is 2. The molecule has 0 radical (unpaired) electrons. The van der Waals surface area contributed by atoms with Crippen LogP contribution in [0.3, 0.4) is 0 Å². The summed E-state index contributed by atoms with van der Waals surface area (Å²) in [6, 6.07) is 0. The number of nitrogens with one attached hydrogen (secondary N) is 1. The first-order valence-electron chi connectivity index (χ1n) is 5.27. The lowest BCUT2D eigenvalue weighted by atomic mass is 10.3. The van der Waals surface area contributed by atoms with Gasteiger partial charge in [0.05, 0.1) is 5.70 Å². The molecule has 0 heterocycles. The normalized spacial score (nSPS) is 15.0. The van der Waals surface area contributed by atoms with E-state index in [1.807, 2.05) is 5.43 Å². The van der Waals surface area contributed by atoms with Gasteiger partial charge in [-0.15, -0.1) is 0 Å². The highest BCUT2D eigenvalue weighted by molar-refractivity contribution is 7.90. The number of hydrazone groups is 1. The Hall–Kier alpha value is -2.66. The van der Waals surface area contributed by atoms with Crippen molar-refractivity contribution < 1.29 is 32.8 Å². The maximum Gasteiger partial charge on any atom is 0.364 e. The molecule has 0 spiro atoms. The Morgan fingerprint density at radius 3 is 2.29 bits per heavy atom. The molecule has 1 aliphatic rings. The quantitative estimate of drug-likeness (QED) is 0.184. The molecule has 21 heavy (non-hydrogen) atoms. The number of carboxylic acid groups (broad SMARTS) is 2. The Labute approximate surface area is 118 Å². The third-order valence-electron chi connectivity index (χ3n) is 2.22. The Kier molecular flexibility index (Phi) is 4.84. The van der Waals surface area contributed by atoms with Gasteiger partial charge in [0, 0.05) is 12.1 Å². The van der Waals surface area contributed by atoms with Crippen LogP contribution in [0.15, 0.2) is 39.6 Å². The molecule has 114 valence electrons. The molecule has 0 bridgehead atoms. The third-order valence-corrected chi connectivity index (χ3v) is 3.17. The molecule has 0 atom stereocenters. The van der Waals surface area contributed by atoms with Crippen molar-refractivity contribution in [3.05, 3.63) is 34.5 Å². The first kappa shape index (κ1) is 16.4. The number of allylic oxidation sites excluding steroid dienone is 3. The monoisotopic (exact) mass is 317 g/mol. The number of carboxylic acids is 2. The minimum atomic E-state index is -4.63. The van der Waals surface area contributed by atoms with Crippen LogP contribution in [0.2, 0.25) is 0 Å². The van der Waals surface area contributed by atoms with E-state index in [2.05, 4.69) is 5.10 Å². The summed E-state index contributed by atoms with van der Waals surface area (Å²) in [5.74, 6) is -3.65. The predicted molar refractivity (Wildman–Crippen MR) is 70.4 cm³/mol. The summed E-state index contributed by atoms with van der Waals surface area (Å²) in [6.07, 6.45) is 3.51. The Morgan fingerprint density at radius 2 is 1.81 bits per heavy atom. The van der Waals surface area contributed by atoms with Gasteiger partial charge in [-0.3, -0.25) is 9.98 Å². The second kappa shape index (κ2) is 6.19. The average molecular weight is 317 g/mol. The Morgan fingerprint density at radius 1 is 1.24 bits per heavy atom. The van der Waals surface area contributed by atoms with E-state index in [4.69, 9.17) is 20.5 Å². The lowest BCUT2D eigenvalue weighted by Crippen LogP contribution is -2.27. The minimum absolute atomic E-state index is 0.0191. The summed E-state index contributed by atoms with van der Waals surface area (Å²) in [5.41, 5.74) is 6.17. The van der Waals surface area contributed by atoms with Crippen molar-refractivity contribution in [2.24, 2.45) is 10.8 Å². The van der Waals surface area contributed by atoms with Crippen LogP contribution in [0.25, 0.3) is 0 Å². The first-order chi connectivity index (χ1) is 9.62. The van der Waals surface area contributed by atoms with Crippen LogP contribution in [0.1, 0.15) is 6.42 Å². The van der Waals surface area contributed by atoms with E-state index in [-0.39, 0.29) is 17.8 Å². The van der Waals surface area contributed by atoms with Gasteiger partial charge in [0.25, 0.3) is 15.8 Å². The fourth-order valence-electron chi connectivity index (χ4n) is 1.30. The fraction of sp³-hybridized carbons (Fsp3) is 0.100. The molecule has 0 aliphatic heterocycles. The maximum atomic E-state index is 11.2. The largest absolute Gasteiger partial charge is 0.476 e. The highest BCUT2D eigenvalue weighted by atomic mass is 32.2. The number of nitrogens with two attached hydrogens (primary N) is 1. The molecule has 1 rings (SSSR count). The van der Waals surface area contributed by atoms with Gasteiger partial charge in [0.2, 0.25) is 0 Å². The van der Waals surface area contributed by atoms with Crippen molar-refractivity contribution in [3.63, 3.8) is 0 Å². The van der Waals surface area contributed by atoms with Crippen LogP contribution in [0.5, 0.6) is 0 Å². The van der Waals surface area contributed by atoms with Gasteiger partial charge in [0.1, 0.15) is 4.91 Å². The van der Waals surface area contributed by atoms with Crippen molar-refractivity contribution in [2.45, 2.75) is 6.42 Å². The standard InChI is InChI=1S/C10H11N3O7S/c11-5-1-3-6(7(4-2-5)21(18,19)20)12-13-8(9(14)15)10(16)17/h1,3-4,12H,2,11H2,(H,14,15)(H,16,17)(H,18,19,20). The summed E-state index contributed by atoms with van der Waals surface area (Å²) < 4.78 is 31.5. The van der Waals surface area contributed by atoms with Gasteiger partial charge >= 0.3 is 11.9 Å². The van der Waals surface area contributed by atoms with Gasteiger partial charge in [0.15, 0.2) is 0 Å². The molecule has 0 saturated heterocycles. The van der Waals surface area contributed by atoms with Crippen LogP contribution < -0.4 is 11.2 Å². The van der Waals surface area contributed by atoms with E-state index in [1.54, 1.807) is 0 Å². The smallest absolute Gasteiger partial charge is 0.364 e. The van der Waals surface area contributed by atoms with Crippen LogP contribution in [-0.2, 0) is 19.7 Å². The maximum absolute atomic E-state index is 11.2. The van der Waals surface area contributed by atoms with Crippen molar-refractivity contribution >= 4 is 27.8 Å². The van der Waals surface area contributed by atoms with E-state index in [0.717, 1.165) is 12.2 Å². The van der Waals surface area contributed by atoms with Crippen molar-refractivity contribution in [1.29, 1.82) is 0 Å². The predicted octanol–water partition coefficient (Wildman–Crippen LogP) is -0.997. The molecule has 0 amide bonds. The Balaban J connectivity index is 3.21. The number of rotatable bonds is 5. The van der Waals surface area contributed by atoms with Gasteiger partial charge in [-0.2, -0.15) is 13.5 Å². The number of hydrogen-bond donors (Lipinski definition) is 5. The average Bonchev–Trinajstić information content (AvgIpc) is 2.50. The zero-order valence-electron chi connectivity index (χ0n) is 10.3. The SMILES string of the molecule is NC1=CC=C(NN=C(C(=O)O)C(=O)O)C(S(=O)(=O)O)=CC1. The van der Waals surface area contributed by atoms with Gasteiger partial charge < -0.3 is 15.9 Å². The molecule has 10 nitrogen and oxygen atoms in total. The summed E-state index contributed by atoms with van der Waals surface area (Å²) in [6.45, 7) is 0. The van der Waals surface area contributed by atoms with Crippen molar-refractivity contribution in [3.8, 4) is 0 Å². The van der Waals surface area contributed by atoms with E-state index >= 15 is 0 Å². The molecule has 0 saturated carbocycles. The molecule has 0 aromatic rings. The van der Waals surface area contributed by atoms with Gasteiger partial charge in [-0.05, 0) is 12.2 Å². The zero-order chi connectivity index (χ0) is 16.2. The van der Waals surface area contributed by atoms with Crippen molar-refractivity contribution in [2.75, 3.05) is 0 Å². The highest BCUT2D eigenvalue weighted by Crippen LogP contribution is 2.19. The van der Waals surface area contributed by atoms with E-state index in [0.29, 0.717) is 0 Å². The summed E-state index contributed by atoms with van der Waals surface area (Å²) >= 11 is 0. The van der Waals surface area contributed by atoms with Gasteiger partial charge in [-0.1, -0.05) is 6.08 Å².